The summed E-state index contributed by atoms with van der Waals surface area (Å²) < 4.78 is 6.39. The maximum Gasteiger partial charge on any atom is 0.231 e. The molecule has 1 aromatic heterocycles. The van der Waals surface area contributed by atoms with Crippen molar-refractivity contribution in [3.8, 4) is 11.4 Å². The van der Waals surface area contributed by atoms with Crippen molar-refractivity contribution >= 4 is 15.9 Å². The molecular formula is C13H14BrN3O. The minimum Gasteiger partial charge on any atom is -0.339 e. The Kier molecular flexibility index (Phi) is 3.18. The van der Waals surface area contributed by atoms with Crippen LogP contribution in [0.4, 0.5) is 0 Å². The third kappa shape index (κ3) is 2.08. The van der Waals surface area contributed by atoms with Gasteiger partial charge in [-0.2, -0.15) is 4.98 Å². The fourth-order valence-corrected chi connectivity index (χ4v) is 2.74. The lowest BCUT2D eigenvalue weighted by atomic mass is 9.98. The zero-order valence-electron chi connectivity index (χ0n) is 10.1. The summed E-state index contributed by atoms with van der Waals surface area (Å²) in [4.78, 5) is 4.53. The van der Waals surface area contributed by atoms with Gasteiger partial charge in [0.25, 0.3) is 0 Å². The maximum absolute atomic E-state index is 5.41. The van der Waals surface area contributed by atoms with Gasteiger partial charge >= 0.3 is 0 Å². The molecule has 0 radical (unpaired) electrons. The molecule has 1 aromatic carbocycles. The van der Waals surface area contributed by atoms with Gasteiger partial charge in [0, 0.05) is 16.6 Å². The molecule has 18 heavy (non-hydrogen) atoms. The molecule has 0 bridgehead atoms. The lowest BCUT2D eigenvalue weighted by Crippen LogP contribution is -2.08. The summed E-state index contributed by atoms with van der Waals surface area (Å²) in [6, 6.07) is 7.90. The van der Waals surface area contributed by atoms with Crippen LogP contribution in [0, 0.1) is 5.92 Å². The van der Waals surface area contributed by atoms with E-state index >= 15 is 0 Å². The number of nitrogens with zero attached hydrogens (tertiary/aromatic N) is 2. The quantitative estimate of drug-likeness (QED) is 0.927. The van der Waals surface area contributed by atoms with Crippen LogP contribution in [0.25, 0.3) is 11.4 Å². The number of hydrogen-bond acceptors (Lipinski definition) is 4. The van der Waals surface area contributed by atoms with Crippen LogP contribution >= 0.6 is 15.9 Å². The Balaban J connectivity index is 1.92. The molecule has 0 saturated carbocycles. The molecule has 1 N–H and O–H groups in total. The van der Waals surface area contributed by atoms with E-state index in [1.807, 2.05) is 24.3 Å². The van der Waals surface area contributed by atoms with E-state index in [0.29, 0.717) is 17.7 Å². The third-order valence-corrected chi connectivity index (χ3v) is 4.08. The van der Waals surface area contributed by atoms with E-state index in [9.17, 15) is 0 Å². The summed E-state index contributed by atoms with van der Waals surface area (Å²) in [5.74, 6) is 2.25. The highest BCUT2D eigenvalue weighted by Gasteiger charge is 2.29. The molecule has 1 aliphatic rings. The Labute approximate surface area is 114 Å². The van der Waals surface area contributed by atoms with Crippen molar-refractivity contribution in [2.75, 3.05) is 13.1 Å². The molecule has 94 valence electrons. The summed E-state index contributed by atoms with van der Waals surface area (Å²) >= 11 is 3.50. The van der Waals surface area contributed by atoms with Crippen molar-refractivity contribution in [1.82, 2.24) is 15.5 Å². The second kappa shape index (κ2) is 4.82. The standard InChI is InChI=1S/C13H14BrN3O/c1-8-6-15-7-10(8)13-16-12(17-18-13)9-4-2-3-5-11(9)14/h2-5,8,10,15H,6-7H2,1H3. The maximum atomic E-state index is 5.41. The molecule has 2 aromatic rings. The molecule has 2 heterocycles. The summed E-state index contributed by atoms with van der Waals surface area (Å²) in [6.45, 7) is 4.13. The molecule has 0 spiro atoms. The van der Waals surface area contributed by atoms with E-state index in [-0.39, 0.29) is 0 Å². The first-order chi connectivity index (χ1) is 8.75. The molecule has 1 fully saturated rings. The minimum atomic E-state index is 0.328. The SMILES string of the molecule is CC1CNCC1c1nc(-c2ccccc2Br)no1. The van der Waals surface area contributed by atoms with E-state index in [1.54, 1.807) is 0 Å². The highest BCUT2D eigenvalue weighted by atomic mass is 79.9. The zero-order valence-corrected chi connectivity index (χ0v) is 11.6. The molecule has 2 atom stereocenters. The monoisotopic (exact) mass is 307 g/mol. The fourth-order valence-electron chi connectivity index (χ4n) is 2.28. The van der Waals surface area contributed by atoms with Crippen molar-refractivity contribution in [2.24, 2.45) is 5.92 Å². The highest BCUT2D eigenvalue weighted by molar-refractivity contribution is 9.10. The normalized spacial score (nSPS) is 23.4. The Morgan fingerprint density at radius 2 is 2.17 bits per heavy atom. The number of halogens is 1. The molecule has 3 rings (SSSR count). The van der Waals surface area contributed by atoms with Gasteiger partial charge in [0.2, 0.25) is 11.7 Å². The molecular weight excluding hydrogens is 294 g/mol. The van der Waals surface area contributed by atoms with Gasteiger partial charge in [-0.1, -0.05) is 40.1 Å². The first kappa shape index (κ1) is 11.9. The number of hydrogen-bond donors (Lipinski definition) is 1. The second-order valence-electron chi connectivity index (χ2n) is 4.68. The molecule has 2 unspecified atom stereocenters. The summed E-state index contributed by atoms with van der Waals surface area (Å²) in [5, 5.41) is 7.43. The lowest BCUT2D eigenvalue weighted by Gasteiger charge is -2.07. The van der Waals surface area contributed by atoms with E-state index in [1.165, 1.54) is 0 Å². The molecule has 1 aliphatic heterocycles. The van der Waals surface area contributed by atoms with Crippen LogP contribution in [0.15, 0.2) is 33.3 Å². The van der Waals surface area contributed by atoms with Crippen molar-refractivity contribution in [3.05, 3.63) is 34.6 Å². The predicted molar refractivity (Wildman–Crippen MR) is 72.2 cm³/mol. The lowest BCUT2D eigenvalue weighted by molar-refractivity contribution is 0.340. The molecule has 5 heteroatoms. The Bertz CT molecular complexity index is 555. The number of rotatable bonds is 2. The van der Waals surface area contributed by atoms with Gasteiger partial charge in [0.1, 0.15) is 0 Å². The predicted octanol–water partition coefficient (Wildman–Crippen LogP) is 2.82. The fraction of sp³-hybridized carbons (Fsp3) is 0.385. The zero-order chi connectivity index (χ0) is 12.5. The largest absolute Gasteiger partial charge is 0.339 e. The number of aromatic nitrogens is 2. The van der Waals surface area contributed by atoms with Crippen LogP contribution < -0.4 is 5.32 Å². The van der Waals surface area contributed by atoms with Crippen LogP contribution in [0.3, 0.4) is 0 Å². The van der Waals surface area contributed by atoms with Crippen LogP contribution in [-0.2, 0) is 0 Å². The van der Waals surface area contributed by atoms with Gasteiger partial charge in [-0.3, -0.25) is 0 Å². The average molecular weight is 308 g/mol. The first-order valence-electron chi connectivity index (χ1n) is 6.05. The summed E-state index contributed by atoms with van der Waals surface area (Å²) in [7, 11) is 0. The van der Waals surface area contributed by atoms with Crippen LogP contribution in [0.2, 0.25) is 0 Å². The van der Waals surface area contributed by atoms with Gasteiger partial charge in [-0.25, -0.2) is 0 Å². The highest BCUT2D eigenvalue weighted by Crippen LogP contribution is 2.30. The van der Waals surface area contributed by atoms with Crippen molar-refractivity contribution in [2.45, 2.75) is 12.8 Å². The Morgan fingerprint density at radius 1 is 1.33 bits per heavy atom. The average Bonchev–Trinajstić information content (AvgIpc) is 2.98. The van der Waals surface area contributed by atoms with Gasteiger partial charge in [-0.15, -0.1) is 0 Å². The third-order valence-electron chi connectivity index (χ3n) is 3.39. The van der Waals surface area contributed by atoms with Gasteiger partial charge in [0.15, 0.2) is 0 Å². The number of nitrogens with one attached hydrogen (secondary N) is 1. The van der Waals surface area contributed by atoms with Gasteiger partial charge in [0.05, 0.1) is 5.92 Å². The van der Waals surface area contributed by atoms with Crippen LogP contribution in [0.5, 0.6) is 0 Å². The van der Waals surface area contributed by atoms with E-state index in [4.69, 9.17) is 4.52 Å². The molecule has 1 saturated heterocycles. The summed E-state index contributed by atoms with van der Waals surface area (Å²) in [6.07, 6.45) is 0. The topological polar surface area (TPSA) is 51.0 Å². The smallest absolute Gasteiger partial charge is 0.231 e. The van der Waals surface area contributed by atoms with E-state index in [2.05, 4.69) is 38.3 Å². The molecule has 0 amide bonds. The van der Waals surface area contributed by atoms with Crippen LogP contribution in [0.1, 0.15) is 18.7 Å². The van der Waals surface area contributed by atoms with Crippen molar-refractivity contribution in [1.29, 1.82) is 0 Å². The van der Waals surface area contributed by atoms with Gasteiger partial charge < -0.3 is 9.84 Å². The second-order valence-corrected chi connectivity index (χ2v) is 5.53. The van der Waals surface area contributed by atoms with E-state index < -0.39 is 0 Å². The number of benzene rings is 1. The Hall–Kier alpha value is -1.20. The van der Waals surface area contributed by atoms with Gasteiger partial charge in [-0.05, 0) is 24.6 Å². The molecule has 0 aliphatic carbocycles. The van der Waals surface area contributed by atoms with Crippen LogP contribution in [-0.4, -0.2) is 23.2 Å². The van der Waals surface area contributed by atoms with Crippen molar-refractivity contribution in [3.63, 3.8) is 0 Å². The summed E-state index contributed by atoms with van der Waals surface area (Å²) in [5.41, 5.74) is 0.964. The minimum absolute atomic E-state index is 0.328. The van der Waals surface area contributed by atoms with Crippen molar-refractivity contribution < 1.29 is 4.52 Å². The Morgan fingerprint density at radius 3 is 2.89 bits per heavy atom. The molecule has 4 nitrogen and oxygen atoms in total. The first-order valence-corrected chi connectivity index (χ1v) is 6.84. The van der Waals surface area contributed by atoms with E-state index in [0.717, 1.165) is 29.0 Å².